The first-order valence-corrected chi connectivity index (χ1v) is 8.18. The predicted molar refractivity (Wildman–Crippen MR) is 80.8 cm³/mol. The molecule has 2 N–H and O–H groups in total. The average molecular weight is 316 g/mol. The first kappa shape index (κ1) is 16.8. The highest BCUT2D eigenvalue weighted by molar-refractivity contribution is 7.09. The minimum Gasteiger partial charge on any atom is -0.389 e. The molecule has 1 fully saturated rings. The van der Waals surface area contributed by atoms with Crippen LogP contribution < -0.4 is 5.32 Å². The molecule has 1 aliphatic rings. The molecule has 1 saturated heterocycles. The van der Waals surface area contributed by atoms with Gasteiger partial charge in [-0.1, -0.05) is 0 Å². The molecule has 2 rings (SSSR count). The van der Waals surface area contributed by atoms with Gasteiger partial charge in [-0.2, -0.15) is 0 Å². The van der Waals surface area contributed by atoms with Gasteiger partial charge in [0.25, 0.3) is 0 Å². The molecule has 0 aromatic carbocycles. The van der Waals surface area contributed by atoms with E-state index in [1.54, 1.807) is 11.3 Å². The normalized spacial score (nSPS) is 20.6. The lowest BCUT2D eigenvalue weighted by Crippen LogP contribution is -2.40. The highest BCUT2D eigenvalue weighted by atomic mass is 32.1. The Bertz CT molecular complexity index is 396. The Kier molecular flexibility index (Phi) is 7.56. The van der Waals surface area contributed by atoms with Crippen molar-refractivity contribution in [2.45, 2.75) is 25.6 Å². The molecule has 6 nitrogen and oxygen atoms in total. The zero-order valence-corrected chi connectivity index (χ0v) is 13.2. The molecule has 0 radical (unpaired) electrons. The summed E-state index contributed by atoms with van der Waals surface area (Å²) >= 11 is 1.65. The van der Waals surface area contributed by atoms with Crippen molar-refractivity contribution in [2.24, 2.45) is 0 Å². The van der Waals surface area contributed by atoms with Crippen LogP contribution in [0.1, 0.15) is 10.6 Å². The van der Waals surface area contributed by atoms with Gasteiger partial charge in [0.15, 0.2) is 0 Å². The summed E-state index contributed by atoms with van der Waals surface area (Å²) < 4.78 is 16.3. The van der Waals surface area contributed by atoms with Gasteiger partial charge in [-0.3, -0.25) is 0 Å². The van der Waals surface area contributed by atoms with E-state index in [1.807, 2.05) is 12.4 Å². The summed E-state index contributed by atoms with van der Waals surface area (Å²) in [6.45, 7) is 6.08. The number of nitrogens with zero attached hydrogens (tertiary/aromatic N) is 1. The van der Waals surface area contributed by atoms with E-state index in [2.05, 4.69) is 10.3 Å². The fraction of sp³-hybridized carbons (Fsp3) is 0.786. The van der Waals surface area contributed by atoms with Crippen molar-refractivity contribution >= 4 is 11.3 Å². The summed E-state index contributed by atoms with van der Waals surface area (Å²) in [6.07, 6.45) is 0.433. The average Bonchev–Trinajstić information content (AvgIpc) is 2.90. The second kappa shape index (κ2) is 9.45. The number of hydrogen-bond donors (Lipinski definition) is 2. The number of aliphatic hydroxyl groups excluding tert-OH is 1. The molecule has 7 heteroatoms. The van der Waals surface area contributed by atoms with Crippen molar-refractivity contribution in [1.29, 1.82) is 0 Å². The van der Waals surface area contributed by atoms with E-state index in [0.717, 1.165) is 12.1 Å². The molecule has 0 spiro atoms. The van der Waals surface area contributed by atoms with Gasteiger partial charge < -0.3 is 24.6 Å². The maximum Gasteiger partial charge on any atom is 0.0933 e. The monoisotopic (exact) mass is 316 g/mol. The minimum absolute atomic E-state index is 0.0844. The van der Waals surface area contributed by atoms with Gasteiger partial charge in [0.2, 0.25) is 0 Å². The molecule has 0 amide bonds. The van der Waals surface area contributed by atoms with E-state index in [9.17, 15) is 5.11 Å². The molecule has 0 saturated carbocycles. The number of aliphatic hydroxyl groups is 1. The molecule has 0 bridgehead atoms. The van der Waals surface area contributed by atoms with Crippen LogP contribution in [0.25, 0.3) is 0 Å². The van der Waals surface area contributed by atoms with Crippen LogP contribution in [0.15, 0.2) is 5.51 Å². The molecule has 2 unspecified atom stereocenters. The molecule has 120 valence electrons. The van der Waals surface area contributed by atoms with Crippen molar-refractivity contribution in [3.05, 3.63) is 16.1 Å². The van der Waals surface area contributed by atoms with Gasteiger partial charge in [-0.05, 0) is 6.92 Å². The lowest BCUT2D eigenvalue weighted by Gasteiger charge is -2.23. The molecule has 1 aliphatic heterocycles. The summed E-state index contributed by atoms with van der Waals surface area (Å²) in [7, 11) is 0. The van der Waals surface area contributed by atoms with Crippen LogP contribution in [0.4, 0.5) is 0 Å². The van der Waals surface area contributed by atoms with E-state index in [0.29, 0.717) is 46.1 Å². The fourth-order valence-electron chi connectivity index (χ4n) is 2.07. The highest BCUT2D eigenvalue weighted by Gasteiger charge is 2.14. The number of aromatic nitrogens is 1. The number of ether oxygens (including phenoxy) is 3. The number of rotatable bonds is 9. The van der Waals surface area contributed by atoms with Gasteiger partial charge in [-0.25, -0.2) is 4.98 Å². The Morgan fingerprint density at radius 3 is 3.19 bits per heavy atom. The van der Waals surface area contributed by atoms with E-state index in [1.165, 1.54) is 4.88 Å². The van der Waals surface area contributed by atoms with Crippen LogP contribution in [-0.2, 0) is 20.6 Å². The molecular formula is C14H24N2O4S. The van der Waals surface area contributed by atoms with E-state index >= 15 is 0 Å². The summed E-state index contributed by atoms with van der Waals surface area (Å²) in [4.78, 5) is 5.44. The van der Waals surface area contributed by atoms with Crippen LogP contribution in [0.5, 0.6) is 0 Å². The van der Waals surface area contributed by atoms with Crippen molar-refractivity contribution in [3.63, 3.8) is 0 Å². The summed E-state index contributed by atoms with van der Waals surface area (Å²) in [6, 6.07) is 0. The summed E-state index contributed by atoms with van der Waals surface area (Å²) in [5.74, 6) is 0. The zero-order valence-electron chi connectivity index (χ0n) is 12.4. The van der Waals surface area contributed by atoms with Crippen molar-refractivity contribution in [3.8, 4) is 0 Å². The predicted octanol–water partition coefficient (Wildman–Crippen LogP) is 0.377. The number of aryl methyl sites for hydroxylation is 1. The Morgan fingerprint density at radius 2 is 2.48 bits per heavy atom. The molecule has 1 aromatic rings. The maximum atomic E-state index is 9.82. The third kappa shape index (κ3) is 6.37. The fourth-order valence-corrected chi connectivity index (χ4v) is 2.84. The lowest BCUT2D eigenvalue weighted by atomic mass is 10.3. The van der Waals surface area contributed by atoms with Crippen LogP contribution in [0, 0.1) is 6.92 Å². The Morgan fingerprint density at radius 1 is 1.57 bits per heavy atom. The smallest absolute Gasteiger partial charge is 0.0933 e. The quantitative estimate of drug-likeness (QED) is 0.642. The van der Waals surface area contributed by atoms with Gasteiger partial charge in [0.05, 0.1) is 56.4 Å². The van der Waals surface area contributed by atoms with Crippen molar-refractivity contribution in [2.75, 3.05) is 46.1 Å². The summed E-state index contributed by atoms with van der Waals surface area (Å²) in [5.41, 5.74) is 2.92. The van der Waals surface area contributed by atoms with Crippen LogP contribution in [0.3, 0.4) is 0 Å². The maximum absolute atomic E-state index is 9.82. The van der Waals surface area contributed by atoms with Gasteiger partial charge in [-0.15, -0.1) is 11.3 Å². The van der Waals surface area contributed by atoms with E-state index in [-0.39, 0.29) is 6.10 Å². The number of nitrogens with one attached hydrogen (secondary N) is 1. The van der Waals surface area contributed by atoms with E-state index < -0.39 is 6.10 Å². The number of hydrogen-bond acceptors (Lipinski definition) is 7. The third-order valence-corrected chi connectivity index (χ3v) is 4.26. The minimum atomic E-state index is -0.503. The van der Waals surface area contributed by atoms with Crippen LogP contribution >= 0.6 is 11.3 Å². The second-order valence-corrected chi connectivity index (χ2v) is 6.00. The van der Waals surface area contributed by atoms with E-state index in [4.69, 9.17) is 14.2 Å². The molecular weight excluding hydrogens is 292 g/mol. The first-order valence-electron chi connectivity index (χ1n) is 7.30. The molecule has 2 atom stereocenters. The Labute approximate surface area is 129 Å². The SMILES string of the molecule is Cc1ncsc1CCOCC(O)CNCC1COCCO1. The highest BCUT2D eigenvalue weighted by Crippen LogP contribution is 2.12. The molecule has 0 aliphatic carbocycles. The lowest BCUT2D eigenvalue weighted by molar-refractivity contribution is -0.0871. The van der Waals surface area contributed by atoms with Crippen LogP contribution in [-0.4, -0.2) is 68.4 Å². The standard InChI is InChI=1S/C14H24N2O4S/c1-11-14(21-10-16-11)2-3-18-8-12(17)6-15-7-13-9-19-4-5-20-13/h10,12-13,15,17H,2-9H2,1H3. The van der Waals surface area contributed by atoms with Gasteiger partial charge in [0, 0.05) is 24.4 Å². The van der Waals surface area contributed by atoms with Crippen LogP contribution in [0.2, 0.25) is 0 Å². The topological polar surface area (TPSA) is 72.8 Å². The second-order valence-electron chi connectivity index (χ2n) is 5.07. The molecule has 2 heterocycles. The van der Waals surface area contributed by atoms with Gasteiger partial charge >= 0.3 is 0 Å². The van der Waals surface area contributed by atoms with Crippen molar-refractivity contribution < 1.29 is 19.3 Å². The Balaban J connectivity index is 1.47. The third-order valence-electron chi connectivity index (χ3n) is 3.27. The Hall–Kier alpha value is -0.570. The molecule has 21 heavy (non-hydrogen) atoms. The summed E-state index contributed by atoms with van der Waals surface area (Å²) in [5, 5.41) is 13.0. The van der Waals surface area contributed by atoms with Gasteiger partial charge in [0.1, 0.15) is 0 Å². The van der Waals surface area contributed by atoms with Crippen molar-refractivity contribution in [1.82, 2.24) is 10.3 Å². The zero-order chi connectivity index (χ0) is 14.9. The largest absolute Gasteiger partial charge is 0.389 e. The first-order chi connectivity index (χ1) is 10.3. The molecule has 1 aromatic heterocycles. The number of thiazole rings is 1.